The second-order valence-corrected chi connectivity index (χ2v) is 4.07. The van der Waals surface area contributed by atoms with Gasteiger partial charge in [-0.25, -0.2) is 0 Å². The van der Waals surface area contributed by atoms with Gasteiger partial charge in [-0.15, -0.1) is 0 Å². The molecule has 2 nitrogen and oxygen atoms in total. The average molecular weight is 253 g/mol. The van der Waals surface area contributed by atoms with Crippen molar-refractivity contribution in [3.63, 3.8) is 0 Å². The van der Waals surface area contributed by atoms with Gasteiger partial charge in [0.25, 0.3) is 0 Å². The number of rotatable bonds is 7. The van der Waals surface area contributed by atoms with Crippen LogP contribution in [0.1, 0.15) is 11.1 Å². The molecule has 0 aliphatic carbocycles. The van der Waals surface area contributed by atoms with Crippen LogP contribution < -0.4 is 0 Å². The summed E-state index contributed by atoms with van der Waals surface area (Å²) in [6.07, 6.45) is 2.04. The van der Waals surface area contributed by atoms with Crippen molar-refractivity contribution >= 4 is 0 Å². The first-order valence-electron chi connectivity index (χ1n) is 6.21. The van der Waals surface area contributed by atoms with Crippen LogP contribution in [0.25, 0.3) is 0 Å². The summed E-state index contributed by atoms with van der Waals surface area (Å²) in [7, 11) is 0. The molecule has 0 saturated heterocycles. The van der Waals surface area contributed by atoms with Crippen molar-refractivity contribution < 1.29 is 9.47 Å². The van der Waals surface area contributed by atoms with E-state index in [0.717, 1.165) is 11.1 Å². The minimum absolute atomic E-state index is 0.452. The van der Waals surface area contributed by atoms with Crippen LogP contribution in [-0.2, 0) is 22.7 Å². The van der Waals surface area contributed by atoms with Gasteiger partial charge in [0.2, 0.25) is 6.29 Å². The highest BCUT2D eigenvalue weighted by Gasteiger charge is 2.07. The lowest BCUT2D eigenvalue weighted by atomic mass is 10.2. The second-order valence-electron chi connectivity index (χ2n) is 4.07. The predicted molar refractivity (Wildman–Crippen MR) is 75.9 cm³/mol. The van der Waals surface area contributed by atoms with Crippen molar-refractivity contribution in [1.29, 1.82) is 0 Å². The molecule has 0 aromatic heterocycles. The SMILES string of the molecule is C=C[C](OCc1ccccc1)OCc1ccccc1. The highest BCUT2D eigenvalue weighted by atomic mass is 16.7. The molecule has 0 fully saturated rings. The summed E-state index contributed by atoms with van der Waals surface area (Å²) >= 11 is 0. The highest BCUT2D eigenvalue weighted by Crippen LogP contribution is 2.13. The Morgan fingerprint density at radius 2 is 1.21 bits per heavy atom. The summed E-state index contributed by atoms with van der Waals surface area (Å²) in [5.74, 6) is 0. The van der Waals surface area contributed by atoms with E-state index in [-0.39, 0.29) is 0 Å². The normalized spacial score (nSPS) is 10.6. The first-order valence-corrected chi connectivity index (χ1v) is 6.21. The van der Waals surface area contributed by atoms with Crippen LogP contribution in [0.5, 0.6) is 0 Å². The molecule has 0 atom stereocenters. The zero-order valence-electron chi connectivity index (χ0n) is 10.8. The van der Waals surface area contributed by atoms with Gasteiger partial charge >= 0.3 is 0 Å². The molecule has 2 aromatic carbocycles. The Balaban J connectivity index is 1.79. The summed E-state index contributed by atoms with van der Waals surface area (Å²) in [5, 5.41) is 0. The van der Waals surface area contributed by atoms with Gasteiger partial charge in [-0.1, -0.05) is 67.2 Å². The van der Waals surface area contributed by atoms with Gasteiger partial charge in [-0.2, -0.15) is 0 Å². The number of benzene rings is 2. The van der Waals surface area contributed by atoms with Crippen LogP contribution >= 0.6 is 0 Å². The monoisotopic (exact) mass is 253 g/mol. The molecular weight excluding hydrogens is 236 g/mol. The molecule has 0 amide bonds. The van der Waals surface area contributed by atoms with E-state index < -0.39 is 0 Å². The van der Waals surface area contributed by atoms with Crippen molar-refractivity contribution in [1.82, 2.24) is 0 Å². The van der Waals surface area contributed by atoms with Gasteiger partial charge in [-0.05, 0) is 17.2 Å². The van der Waals surface area contributed by atoms with Crippen LogP contribution in [0.2, 0.25) is 0 Å². The highest BCUT2D eigenvalue weighted by molar-refractivity contribution is 5.15. The Labute approximate surface area is 114 Å². The maximum absolute atomic E-state index is 5.58. The molecule has 2 rings (SSSR count). The van der Waals surface area contributed by atoms with Crippen LogP contribution in [0.3, 0.4) is 0 Å². The molecule has 0 N–H and O–H groups in total. The van der Waals surface area contributed by atoms with E-state index in [4.69, 9.17) is 9.47 Å². The molecule has 0 spiro atoms. The molecule has 0 aliphatic rings. The first kappa shape index (κ1) is 13.5. The summed E-state index contributed by atoms with van der Waals surface area (Å²) in [6, 6.07) is 19.9. The number of hydrogen-bond donors (Lipinski definition) is 0. The molecule has 1 radical (unpaired) electrons. The standard InChI is InChI=1S/C17H17O2/c1-2-17(18-13-15-9-5-3-6-10-15)19-14-16-11-7-4-8-12-16/h2-12H,1,13-14H2. The quantitative estimate of drug-likeness (QED) is 0.739. The van der Waals surface area contributed by atoms with Gasteiger partial charge in [0.05, 0.1) is 13.2 Å². The van der Waals surface area contributed by atoms with Gasteiger partial charge < -0.3 is 9.47 Å². The van der Waals surface area contributed by atoms with E-state index in [1.165, 1.54) is 0 Å². The van der Waals surface area contributed by atoms with E-state index in [1.54, 1.807) is 6.08 Å². The third kappa shape index (κ3) is 4.70. The lowest BCUT2D eigenvalue weighted by molar-refractivity contribution is -0.0369. The van der Waals surface area contributed by atoms with Crippen LogP contribution in [-0.4, -0.2) is 0 Å². The molecule has 0 aliphatic heterocycles. The maximum atomic E-state index is 5.58. The summed E-state index contributed by atoms with van der Waals surface area (Å²) in [5.41, 5.74) is 2.20. The second kappa shape index (κ2) is 7.52. The van der Waals surface area contributed by atoms with E-state index in [2.05, 4.69) is 6.58 Å². The van der Waals surface area contributed by atoms with E-state index in [1.807, 2.05) is 60.7 Å². The zero-order chi connectivity index (χ0) is 13.3. The Kier molecular flexibility index (Phi) is 5.35. The van der Waals surface area contributed by atoms with E-state index in [9.17, 15) is 0 Å². The molecule has 0 bridgehead atoms. The summed E-state index contributed by atoms with van der Waals surface area (Å²) < 4.78 is 11.2. The van der Waals surface area contributed by atoms with Gasteiger partial charge in [0.15, 0.2) is 0 Å². The lowest BCUT2D eigenvalue weighted by Crippen LogP contribution is -2.05. The molecule has 2 heteroatoms. The smallest absolute Gasteiger partial charge is 0.248 e. The Bertz CT molecular complexity index is 436. The van der Waals surface area contributed by atoms with Crippen molar-refractivity contribution in [2.24, 2.45) is 0 Å². The third-order valence-corrected chi connectivity index (χ3v) is 2.61. The summed E-state index contributed by atoms with van der Waals surface area (Å²) in [6.45, 7) is 4.66. The Hall–Kier alpha value is -1.90. The summed E-state index contributed by atoms with van der Waals surface area (Å²) in [4.78, 5) is 0. The molecule has 2 aromatic rings. The molecule has 0 saturated carbocycles. The average Bonchev–Trinajstić information content (AvgIpc) is 2.49. The molecule has 97 valence electrons. The molecule has 0 unspecified atom stereocenters. The largest absolute Gasteiger partial charge is 0.337 e. The van der Waals surface area contributed by atoms with Crippen molar-refractivity contribution in [3.8, 4) is 0 Å². The van der Waals surface area contributed by atoms with Crippen molar-refractivity contribution in [3.05, 3.63) is 90.7 Å². The van der Waals surface area contributed by atoms with Crippen LogP contribution in [0.4, 0.5) is 0 Å². The van der Waals surface area contributed by atoms with E-state index >= 15 is 0 Å². The van der Waals surface area contributed by atoms with Gasteiger partial charge in [0.1, 0.15) is 0 Å². The van der Waals surface area contributed by atoms with Gasteiger partial charge in [0, 0.05) is 0 Å². The van der Waals surface area contributed by atoms with Crippen molar-refractivity contribution in [2.45, 2.75) is 13.2 Å². The first-order chi connectivity index (χ1) is 9.38. The zero-order valence-corrected chi connectivity index (χ0v) is 10.8. The topological polar surface area (TPSA) is 18.5 Å². The number of ether oxygens (including phenoxy) is 2. The fourth-order valence-corrected chi connectivity index (χ4v) is 1.62. The van der Waals surface area contributed by atoms with E-state index in [0.29, 0.717) is 19.5 Å². The molecule has 0 heterocycles. The van der Waals surface area contributed by atoms with Crippen molar-refractivity contribution in [2.75, 3.05) is 0 Å². The Morgan fingerprint density at radius 3 is 1.58 bits per heavy atom. The minimum atomic E-state index is 0.452. The van der Waals surface area contributed by atoms with Gasteiger partial charge in [-0.3, -0.25) is 0 Å². The minimum Gasteiger partial charge on any atom is -0.337 e. The predicted octanol–water partition coefficient (Wildman–Crippen LogP) is 4.10. The molecule has 19 heavy (non-hydrogen) atoms. The number of hydrogen-bond acceptors (Lipinski definition) is 2. The fraction of sp³-hybridized carbons (Fsp3) is 0.118. The Morgan fingerprint density at radius 1 is 0.789 bits per heavy atom. The third-order valence-electron chi connectivity index (χ3n) is 2.61. The van der Waals surface area contributed by atoms with Crippen LogP contribution in [0.15, 0.2) is 73.3 Å². The van der Waals surface area contributed by atoms with Crippen LogP contribution in [0, 0.1) is 6.29 Å². The fourth-order valence-electron chi connectivity index (χ4n) is 1.62. The lowest BCUT2D eigenvalue weighted by Gasteiger charge is -2.13. The maximum Gasteiger partial charge on any atom is 0.248 e. The molecular formula is C17H17O2.